The largest absolute Gasteiger partial charge is 0.494 e. The van der Waals surface area contributed by atoms with Crippen LogP contribution < -0.4 is 15.8 Å². The molecule has 0 bridgehead atoms. The van der Waals surface area contributed by atoms with Crippen molar-refractivity contribution >= 4 is 22.6 Å². The molecule has 3 N–H and O–H groups in total. The highest BCUT2D eigenvalue weighted by atomic mass is 16.5. The van der Waals surface area contributed by atoms with Gasteiger partial charge in [-0.15, -0.1) is 0 Å². The van der Waals surface area contributed by atoms with Crippen LogP contribution in [0.3, 0.4) is 0 Å². The Morgan fingerprint density at radius 1 is 1.05 bits per heavy atom. The molecule has 5 rings (SSSR count). The second kappa shape index (κ2) is 9.26. The number of benzene rings is 1. The molecule has 1 aromatic carbocycles. The van der Waals surface area contributed by atoms with Gasteiger partial charge in [-0.05, 0) is 38.1 Å². The average Bonchev–Trinajstić information content (AvgIpc) is 3.34. The molecule has 0 aliphatic carbocycles. The molecule has 4 heterocycles. The molecular formula is C26H25N9O2. The molecular weight excluding hydrogens is 470 g/mol. The van der Waals surface area contributed by atoms with Gasteiger partial charge < -0.3 is 15.8 Å². The van der Waals surface area contributed by atoms with Crippen LogP contribution in [-0.4, -0.2) is 47.7 Å². The van der Waals surface area contributed by atoms with E-state index >= 15 is 0 Å². The number of carbonyl (C=O) groups excluding carboxylic acids is 1. The zero-order valence-corrected chi connectivity index (χ0v) is 20.8. The van der Waals surface area contributed by atoms with Gasteiger partial charge in [0, 0.05) is 30.4 Å². The molecule has 0 aliphatic heterocycles. The smallest absolute Gasteiger partial charge is 0.274 e. The number of aromatic nitrogens is 7. The fraction of sp³-hybridized carbons (Fsp3) is 0.192. The molecule has 4 aromatic heterocycles. The van der Waals surface area contributed by atoms with Crippen molar-refractivity contribution in [2.45, 2.75) is 19.4 Å². The Kier molecular flexibility index (Phi) is 5.96. The molecule has 0 unspecified atom stereocenters. The zero-order valence-electron chi connectivity index (χ0n) is 20.8. The first-order chi connectivity index (χ1) is 17.7. The number of hydrogen-bond acceptors (Lipinski definition) is 9. The minimum absolute atomic E-state index is 0.0115. The molecule has 0 aliphatic rings. The molecule has 0 atom stereocenters. The van der Waals surface area contributed by atoms with Crippen molar-refractivity contribution < 1.29 is 9.53 Å². The lowest BCUT2D eigenvalue weighted by Gasteiger charge is -2.24. The Morgan fingerprint density at radius 3 is 2.54 bits per heavy atom. The monoisotopic (exact) mass is 495 g/mol. The minimum Gasteiger partial charge on any atom is -0.494 e. The molecule has 0 radical (unpaired) electrons. The molecule has 0 spiro atoms. The Labute approximate surface area is 212 Å². The lowest BCUT2D eigenvalue weighted by Crippen LogP contribution is -2.43. The van der Waals surface area contributed by atoms with E-state index in [0.717, 1.165) is 16.5 Å². The van der Waals surface area contributed by atoms with Crippen molar-refractivity contribution in [2.75, 3.05) is 12.8 Å². The summed E-state index contributed by atoms with van der Waals surface area (Å²) >= 11 is 0. The number of nitrogens with one attached hydrogen (secondary N) is 1. The van der Waals surface area contributed by atoms with E-state index in [0.29, 0.717) is 28.7 Å². The summed E-state index contributed by atoms with van der Waals surface area (Å²) in [7, 11) is 3.35. The predicted molar refractivity (Wildman–Crippen MR) is 138 cm³/mol. The fourth-order valence-corrected chi connectivity index (χ4v) is 3.90. The average molecular weight is 496 g/mol. The van der Waals surface area contributed by atoms with Gasteiger partial charge in [-0.2, -0.15) is 5.10 Å². The normalized spacial score (nSPS) is 11.5. The van der Waals surface area contributed by atoms with E-state index in [9.17, 15) is 4.79 Å². The number of nitrogens with two attached hydrogens (primary N) is 1. The highest BCUT2D eigenvalue weighted by molar-refractivity contribution is 5.98. The van der Waals surface area contributed by atoms with Crippen molar-refractivity contribution in [3.8, 4) is 28.4 Å². The number of carbonyl (C=O) groups is 1. The third kappa shape index (κ3) is 4.66. The maximum Gasteiger partial charge on any atom is 0.274 e. The summed E-state index contributed by atoms with van der Waals surface area (Å²) in [6.07, 6.45) is 6.62. The van der Waals surface area contributed by atoms with Gasteiger partial charge in [-0.3, -0.25) is 14.5 Å². The van der Waals surface area contributed by atoms with E-state index in [1.54, 1.807) is 43.3 Å². The number of nitrogens with zero attached hydrogens (tertiary/aromatic N) is 7. The first kappa shape index (κ1) is 23.8. The summed E-state index contributed by atoms with van der Waals surface area (Å²) in [5.41, 5.74) is 8.46. The van der Waals surface area contributed by atoms with Gasteiger partial charge in [-0.25, -0.2) is 19.9 Å². The van der Waals surface area contributed by atoms with Gasteiger partial charge in [-0.1, -0.05) is 12.1 Å². The van der Waals surface area contributed by atoms with E-state index in [-0.39, 0.29) is 11.5 Å². The van der Waals surface area contributed by atoms with Crippen LogP contribution in [0.1, 0.15) is 30.2 Å². The van der Waals surface area contributed by atoms with Crippen molar-refractivity contribution in [3.63, 3.8) is 0 Å². The van der Waals surface area contributed by atoms with Crippen LogP contribution in [0.5, 0.6) is 5.75 Å². The maximum atomic E-state index is 13.4. The number of nitrogen functional groups attached to an aromatic ring is 1. The van der Waals surface area contributed by atoms with Crippen LogP contribution in [-0.2, 0) is 12.6 Å². The van der Waals surface area contributed by atoms with Crippen molar-refractivity contribution in [1.29, 1.82) is 0 Å². The van der Waals surface area contributed by atoms with Gasteiger partial charge in [0.25, 0.3) is 5.91 Å². The van der Waals surface area contributed by atoms with Crippen LogP contribution in [0.2, 0.25) is 0 Å². The molecule has 37 heavy (non-hydrogen) atoms. The number of ether oxygens (including phenoxy) is 1. The van der Waals surface area contributed by atoms with Gasteiger partial charge in [0.05, 0.1) is 36.3 Å². The summed E-state index contributed by atoms with van der Waals surface area (Å²) in [5, 5.41) is 8.32. The second-order valence-electron chi connectivity index (χ2n) is 8.97. The lowest BCUT2D eigenvalue weighted by molar-refractivity contribution is 0.0904. The summed E-state index contributed by atoms with van der Waals surface area (Å²) < 4.78 is 6.79. The topological polar surface area (TPSA) is 147 Å². The maximum absolute atomic E-state index is 13.4. The Balaban J connectivity index is 1.58. The summed E-state index contributed by atoms with van der Waals surface area (Å²) in [5.74, 6) is 0.392. The number of aryl methyl sites for hydroxylation is 1. The standard InChI is InChI=1S/C26H25N9O2/c1-26(2,25-29-13-17(37-4)14-30-25)33-24(36)22-23(27)32-21(19-9-11-35(3)34-19)20(31-22)16-7-8-18-15(12-16)6-5-10-28-18/h5-14H,1-4H3,(H2,27,32)(H,33,36). The number of pyridine rings is 1. The first-order valence-electron chi connectivity index (χ1n) is 11.5. The Bertz CT molecular complexity index is 1610. The van der Waals surface area contributed by atoms with Gasteiger partial charge in [0.15, 0.2) is 23.1 Å². The SMILES string of the molecule is COc1cnc(C(C)(C)NC(=O)c2nc(-c3ccc4ncccc4c3)c(-c3ccn(C)n3)nc2N)nc1. The number of methoxy groups -OCH3 is 1. The van der Waals surface area contributed by atoms with E-state index in [2.05, 4.69) is 30.4 Å². The third-order valence-corrected chi connectivity index (χ3v) is 5.82. The quantitative estimate of drug-likeness (QED) is 0.362. The number of hydrogen-bond donors (Lipinski definition) is 2. The number of rotatable bonds is 6. The summed E-state index contributed by atoms with van der Waals surface area (Å²) in [6.45, 7) is 3.58. The van der Waals surface area contributed by atoms with E-state index in [1.165, 1.54) is 7.11 Å². The van der Waals surface area contributed by atoms with Crippen molar-refractivity contribution in [3.05, 3.63) is 72.7 Å². The molecule has 0 saturated heterocycles. The van der Waals surface area contributed by atoms with Crippen LogP contribution >= 0.6 is 0 Å². The molecule has 186 valence electrons. The predicted octanol–water partition coefficient (Wildman–Crippen LogP) is 3.14. The van der Waals surface area contributed by atoms with E-state index in [1.807, 2.05) is 43.4 Å². The molecule has 1 amide bonds. The highest BCUT2D eigenvalue weighted by Gasteiger charge is 2.29. The van der Waals surface area contributed by atoms with E-state index in [4.69, 9.17) is 15.5 Å². The van der Waals surface area contributed by atoms with Crippen molar-refractivity contribution in [1.82, 2.24) is 40.0 Å². The highest BCUT2D eigenvalue weighted by Crippen LogP contribution is 2.32. The fourth-order valence-electron chi connectivity index (χ4n) is 3.90. The van der Waals surface area contributed by atoms with Crippen molar-refractivity contribution in [2.24, 2.45) is 7.05 Å². The van der Waals surface area contributed by atoms with Gasteiger partial charge >= 0.3 is 0 Å². The first-order valence-corrected chi connectivity index (χ1v) is 11.5. The molecule has 0 saturated carbocycles. The van der Waals surface area contributed by atoms with Crippen LogP contribution in [0.15, 0.2) is 61.2 Å². The summed E-state index contributed by atoms with van der Waals surface area (Å²) in [4.78, 5) is 35.7. The molecule has 11 heteroatoms. The molecule has 11 nitrogen and oxygen atoms in total. The Hall–Kier alpha value is -4.93. The molecule has 5 aromatic rings. The summed E-state index contributed by atoms with van der Waals surface area (Å²) in [6, 6.07) is 11.4. The minimum atomic E-state index is -0.925. The number of anilines is 1. The van der Waals surface area contributed by atoms with Crippen LogP contribution in [0, 0.1) is 0 Å². The molecule has 0 fully saturated rings. The van der Waals surface area contributed by atoms with Crippen LogP contribution in [0.4, 0.5) is 5.82 Å². The van der Waals surface area contributed by atoms with Crippen LogP contribution in [0.25, 0.3) is 33.5 Å². The van der Waals surface area contributed by atoms with Gasteiger partial charge in [0.2, 0.25) is 0 Å². The van der Waals surface area contributed by atoms with Gasteiger partial charge in [0.1, 0.15) is 11.4 Å². The zero-order chi connectivity index (χ0) is 26.2. The lowest BCUT2D eigenvalue weighted by atomic mass is 10.0. The third-order valence-electron chi connectivity index (χ3n) is 5.82. The number of fused-ring (bicyclic) bond motifs is 1. The number of amides is 1. The Morgan fingerprint density at radius 2 is 1.84 bits per heavy atom. The second-order valence-corrected chi connectivity index (χ2v) is 8.97. The van der Waals surface area contributed by atoms with E-state index < -0.39 is 11.4 Å².